The van der Waals surface area contributed by atoms with Crippen molar-refractivity contribution in [3.63, 3.8) is 0 Å². The molecule has 3 N–H and O–H groups in total. The van der Waals surface area contributed by atoms with Crippen LogP contribution >= 0.6 is 12.4 Å². The molecule has 0 aromatic rings. The van der Waals surface area contributed by atoms with Crippen molar-refractivity contribution in [1.29, 1.82) is 0 Å². The Labute approximate surface area is 120 Å². The molecule has 0 unspecified atom stereocenters. The van der Waals surface area contributed by atoms with Crippen molar-refractivity contribution in [2.45, 2.75) is 32.1 Å². The molecule has 2 rings (SSSR count). The molecule has 0 aromatic heterocycles. The summed E-state index contributed by atoms with van der Waals surface area (Å²) < 4.78 is 0. The van der Waals surface area contributed by atoms with Crippen molar-refractivity contribution in [1.82, 2.24) is 16.0 Å². The molecule has 0 spiro atoms. The Hall–Kier alpha value is -0.810. The van der Waals surface area contributed by atoms with Gasteiger partial charge in [-0.3, -0.25) is 9.59 Å². The first-order chi connectivity index (χ1) is 8.69. The van der Waals surface area contributed by atoms with Crippen LogP contribution in [0.15, 0.2) is 0 Å². The minimum atomic E-state index is -0.207. The van der Waals surface area contributed by atoms with Crippen molar-refractivity contribution in [3.8, 4) is 0 Å². The lowest BCUT2D eigenvalue weighted by atomic mass is 9.67. The molecule has 2 amide bonds. The van der Waals surface area contributed by atoms with E-state index in [0.29, 0.717) is 18.9 Å². The molecule has 1 heterocycles. The van der Waals surface area contributed by atoms with Crippen LogP contribution in [0.5, 0.6) is 0 Å². The Kier molecular flexibility index (Phi) is 6.07. The number of amides is 2. The summed E-state index contributed by atoms with van der Waals surface area (Å²) in [5, 5.41) is 8.86. The van der Waals surface area contributed by atoms with Crippen LogP contribution in [0.3, 0.4) is 0 Å². The second kappa shape index (κ2) is 7.10. The summed E-state index contributed by atoms with van der Waals surface area (Å²) in [5.41, 5.74) is -0.207. The minimum absolute atomic E-state index is 0. The number of carbonyl (C=O) groups is 2. The second-order valence-electron chi connectivity index (χ2n) is 5.41. The lowest BCUT2D eigenvalue weighted by Gasteiger charge is -2.37. The first-order valence-corrected chi connectivity index (χ1v) is 6.88. The highest BCUT2D eigenvalue weighted by Gasteiger charge is 2.49. The summed E-state index contributed by atoms with van der Waals surface area (Å²) in [4.78, 5) is 23.5. The van der Waals surface area contributed by atoms with Gasteiger partial charge in [0.25, 0.3) is 0 Å². The van der Waals surface area contributed by atoms with E-state index in [1.54, 1.807) is 7.05 Å². The zero-order valence-corrected chi connectivity index (χ0v) is 12.3. The number of nitrogens with one attached hydrogen (secondary N) is 3. The lowest BCUT2D eigenvalue weighted by molar-refractivity contribution is -0.134. The van der Waals surface area contributed by atoms with Gasteiger partial charge in [0.2, 0.25) is 11.8 Å². The predicted molar refractivity (Wildman–Crippen MR) is 76.2 cm³/mol. The highest BCUT2D eigenvalue weighted by molar-refractivity contribution is 5.85. The first-order valence-electron chi connectivity index (χ1n) is 6.88. The lowest BCUT2D eigenvalue weighted by Crippen LogP contribution is -2.48. The number of fused-ring (bicyclic) bond motifs is 1. The van der Waals surface area contributed by atoms with Gasteiger partial charge >= 0.3 is 0 Å². The van der Waals surface area contributed by atoms with Gasteiger partial charge in [-0.1, -0.05) is 12.8 Å². The number of rotatable bonds is 4. The van der Waals surface area contributed by atoms with Crippen LogP contribution in [-0.4, -0.2) is 38.5 Å². The standard InChI is InChI=1S/C13H23N3O2.ClH/c1-14-11(17)5-7-16-12(18)13-6-3-2-4-10(13)8-15-9-13;/h10,15H,2-9H2,1H3,(H,14,17)(H,16,18);1H/t10-,13+;/m0./s1. The van der Waals surface area contributed by atoms with Gasteiger partial charge < -0.3 is 16.0 Å². The molecule has 0 aromatic carbocycles. The van der Waals surface area contributed by atoms with E-state index in [1.165, 1.54) is 6.42 Å². The molecule has 1 saturated carbocycles. The quantitative estimate of drug-likeness (QED) is 0.703. The average Bonchev–Trinajstić information content (AvgIpc) is 2.83. The van der Waals surface area contributed by atoms with Crippen LogP contribution in [-0.2, 0) is 9.59 Å². The molecular weight excluding hydrogens is 266 g/mol. The van der Waals surface area contributed by atoms with Gasteiger partial charge in [0.1, 0.15) is 0 Å². The van der Waals surface area contributed by atoms with Crippen LogP contribution in [0.1, 0.15) is 32.1 Å². The molecule has 2 aliphatic rings. The van der Waals surface area contributed by atoms with Crippen LogP contribution in [0.2, 0.25) is 0 Å². The summed E-state index contributed by atoms with van der Waals surface area (Å²) in [7, 11) is 1.61. The second-order valence-corrected chi connectivity index (χ2v) is 5.41. The SMILES string of the molecule is CNC(=O)CCNC(=O)[C@@]12CCCC[C@H]1CNC2.Cl. The summed E-state index contributed by atoms with van der Waals surface area (Å²) in [6.07, 6.45) is 4.86. The van der Waals surface area contributed by atoms with E-state index in [2.05, 4.69) is 16.0 Å². The number of hydrogen-bond donors (Lipinski definition) is 3. The molecule has 2 fully saturated rings. The Morgan fingerprint density at radius 2 is 2.16 bits per heavy atom. The van der Waals surface area contributed by atoms with Crippen molar-refractivity contribution < 1.29 is 9.59 Å². The van der Waals surface area contributed by atoms with E-state index in [0.717, 1.165) is 32.4 Å². The molecule has 1 aliphatic heterocycles. The average molecular weight is 290 g/mol. The maximum atomic E-state index is 12.4. The first kappa shape index (κ1) is 16.2. The van der Waals surface area contributed by atoms with E-state index in [4.69, 9.17) is 0 Å². The predicted octanol–water partition coefficient (Wildman–Crippen LogP) is 0.440. The molecule has 1 saturated heterocycles. The molecule has 19 heavy (non-hydrogen) atoms. The van der Waals surface area contributed by atoms with Crippen molar-refractivity contribution >= 4 is 24.2 Å². The largest absolute Gasteiger partial charge is 0.359 e. The number of carbonyl (C=O) groups excluding carboxylic acids is 2. The molecule has 0 radical (unpaired) electrons. The van der Waals surface area contributed by atoms with Crippen molar-refractivity contribution in [2.75, 3.05) is 26.7 Å². The topological polar surface area (TPSA) is 70.2 Å². The maximum Gasteiger partial charge on any atom is 0.227 e. The highest BCUT2D eigenvalue weighted by atomic mass is 35.5. The summed E-state index contributed by atoms with van der Waals surface area (Å²) in [5.74, 6) is 0.588. The van der Waals surface area contributed by atoms with Gasteiger partial charge in [0, 0.05) is 26.6 Å². The zero-order chi connectivity index (χ0) is 13.0. The third-order valence-electron chi connectivity index (χ3n) is 4.41. The summed E-state index contributed by atoms with van der Waals surface area (Å²) in [6.45, 7) is 2.19. The van der Waals surface area contributed by atoms with E-state index in [-0.39, 0.29) is 29.6 Å². The molecule has 110 valence electrons. The Balaban J connectivity index is 0.00000180. The third kappa shape index (κ3) is 3.39. The van der Waals surface area contributed by atoms with E-state index >= 15 is 0 Å². The fourth-order valence-corrected chi connectivity index (χ4v) is 3.28. The van der Waals surface area contributed by atoms with Crippen LogP contribution in [0, 0.1) is 11.3 Å². The normalized spacial score (nSPS) is 29.0. The molecule has 2 atom stereocenters. The van der Waals surface area contributed by atoms with Gasteiger partial charge in [-0.05, 0) is 25.3 Å². The van der Waals surface area contributed by atoms with Crippen LogP contribution in [0.25, 0.3) is 0 Å². The Morgan fingerprint density at radius 3 is 2.89 bits per heavy atom. The van der Waals surface area contributed by atoms with Crippen molar-refractivity contribution in [3.05, 3.63) is 0 Å². The molecule has 5 nitrogen and oxygen atoms in total. The van der Waals surface area contributed by atoms with Gasteiger partial charge in [-0.2, -0.15) is 0 Å². The van der Waals surface area contributed by atoms with Gasteiger partial charge in [-0.15, -0.1) is 12.4 Å². The Morgan fingerprint density at radius 1 is 1.37 bits per heavy atom. The number of halogens is 1. The van der Waals surface area contributed by atoms with Gasteiger partial charge in [-0.25, -0.2) is 0 Å². The Bertz CT molecular complexity index is 338. The van der Waals surface area contributed by atoms with Gasteiger partial charge in [0.15, 0.2) is 0 Å². The maximum absolute atomic E-state index is 12.4. The monoisotopic (exact) mass is 289 g/mol. The fourth-order valence-electron chi connectivity index (χ4n) is 3.28. The number of hydrogen-bond acceptors (Lipinski definition) is 3. The van der Waals surface area contributed by atoms with Crippen LogP contribution in [0.4, 0.5) is 0 Å². The highest BCUT2D eigenvalue weighted by Crippen LogP contribution is 2.43. The summed E-state index contributed by atoms with van der Waals surface area (Å²) in [6, 6.07) is 0. The van der Waals surface area contributed by atoms with Crippen LogP contribution < -0.4 is 16.0 Å². The zero-order valence-electron chi connectivity index (χ0n) is 11.5. The smallest absolute Gasteiger partial charge is 0.227 e. The molecule has 6 heteroatoms. The molecular formula is C13H24ClN3O2. The molecule has 0 bridgehead atoms. The third-order valence-corrected chi connectivity index (χ3v) is 4.41. The van der Waals surface area contributed by atoms with E-state index < -0.39 is 0 Å². The van der Waals surface area contributed by atoms with Gasteiger partial charge in [0.05, 0.1) is 5.41 Å². The minimum Gasteiger partial charge on any atom is -0.359 e. The summed E-state index contributed by atoms with van der Waals surface area (Å²) >= 11 is 0. The van der Waals surface area contributed by atoms with Crippen molar-refractivity contribution in [2.24, 2.45) is 11.3 Å². The van der Waals surface area contributed by atoms with E-state index in [1.807, 2.05) is 0 Å². The van der Waals surface area contributed by atoms with E-state index in [9.17, 15) is 9.59 Å². The fraction of sp³-hybridized carbons (Fsp3) is 0.846. The molecule has 1 aliphatic carbocycles.